The van der Waals surface area contributed by atoms with Crippen LogP contribution in [-0.4, -0.2) is 0 Å². The molecule has 0 saturated carbocycles. The number of hydrogen-bond donors (Lipinski definition) is 0. The fraction of sp³-hybridized carbons (Fsp3) is 0.474. The molecule has 0 rings (SSSR count). The van der Waals surface area contributed by atoms with E-state index < -0.39 is 0 Å². The van der Waals surface area contributed by atoms with Gasteiger partial charge in [0.15, 0.2) is 0 Å². The molecule has 0 aliphatic carbocycles. The summed E-state index contributed by atoms with van der Waals surface area (Å²) in [6.07, 6.45) is 19.8. The van der Waals surface area contributed by atoms with Crippen molar-refractivity contribution >= 4 is 0 Å². The van der Waals surface area contributed by atoms with Crippen molar-refractivity contribution in [1.29, 1.82) is 0 Å². The van der Waals surface area contributed by atoms with Crippen molar-refractivity contribution in [1.82, 2.24) is 0 Å². The van der Waals surface area contributed by atoms with Crippen LogP contribution in [0.1, 0.15) is 53.4 Å². The molecule has 0 amide bonds. The molecule has 0 aliphatic rings. The lowest BCUT2D eigenvalue weighted by atomic mass is 9.88. The minimum absolute atomic E-state index is 0.667. The summed E-state index contributed by atoms with van der Waals surface area (Å²) in [4.78, 5) is 0. The van der Waals surface area contributed by atoms with E-state index in [-0.39, 0.29) is 0 Å². The Morgan fingerprint density at radius 2 is 1.84 bits per heavy atom. The van der Waals surface area contributed by atoms with Crippen LogP contribution in [0, 0.1) is 5.92 Å². The van der Waals surface area contributed by atoms with Gasteiger partial charge < -0.3 is 0 Å². The number of hydrogen-bond acceptors (Lipinski definition) is 0. The van der Waals surface area contributed by atoms with Crippen LogP contribution < -0.4 is 0 Å². The van der Waals surface area contributed by atoms with Gasteiger partial charge in [0.05, 0.1) is 0 Å². The first-order valence-corrected chi connectivity index (χ1v) is 7.46. The van der Waals surface area contributed by atoms with E-state index in [1.54, 1.807) is 0 Å². The molecule has 0 heterocycles. The summed E-state index contributed by atoms with van der Waals surface area (Å²) in [5.41, 5.74) is 2.80. The van der Waals surface area contributed by atoms with Crippen molar-refractivity contribution in [2.24, 2.45) is 5.92 Å². The quantitative estimate of drug-likeness (QED) is 0.420. The highest BCUT2D eigenvalue weighted by Gasteiger charge is 2.10. The average molecular weight is 258 g/mol. The summed E-state index contributed by atoms with van der Waals surface area (Å²) in [5, 5.41) is 0. The molecule has 1 unspecified atom stereocenters. The van der Waals surface area contributed by atoms with E-state index in [2.05, 4.69) is 63.8 Å². The Morgan fingerprint density at radius 3 is 2.32 bits per heavy atom. The van der Waals surface area contributed by atoms with Crippen molar-refractivity contribution in [2.45, 2.75) is 53.4 Å². The monoisotopic (exact) mass is 258 g/mol. The predicted molar refractivity (Wildman–Crippen MR) is 89.3 cm³/mol. The molecule has 0 N–H and O–H groups in total. The van der Waals surface area contributed by atoms with E-state index in [1.807, 2.05) is 13.0 Å². The molecule has 0 radical (unpaired) electrons. The minimum atomic E-state index is 0.667. The normalized spacial score (nSPS) is 15.4. The van der Waals surface area contributed by atoms with Crippen molar-refractivity contribution in [3.63, 3.8) is 0 Å². The van der Waals surface area contributed by atoms with Gasteiger partial charge >= 0.3 is 0 Å². The summed E-state index contributed by atoms with van der Waals surface area (Å²) in [7, 11) is 0. The minimum Gasteiger partial charge on any atom is -0.0988 e. The van der Waals surface area contributed by atoms with Crippen LogP contribution in [0.4, 0.5) is 0 Å². The molecule has 0 aliphatic heterocycles. The topological polar surface area (TPSA) is 0 Å². The molecule has 0 nitrogen and oxygen atoms in total. The molecule has 0 aromatic carbocycles. The molecule has 0 heteroatoms. The fourth-order valence-electron chi connectivity index (χ4n) is 2.30. The third-order valence-corrected chi connectivity index (χ3v) is 3.35. The second kappa shape index (κ2) is 11.8. The Morgan fingerprint density at radius 1 is 1.11 bits per heavy atom. The fourth-order valence-corrected chi connectivity index (χ4v) is 2.30. The maximum atomic E-state index is 3.91. The number of allylic oxidation sites excluding steroid dienone is 9. The first kappa shape index (κ1) is 17.7. The molecule has 19 heavy (non-hydrogen) atoms. The molecule has 0 fully saturated rings. The Labute approximate surface area is 120 Å². The van der Waals surface area contributed by atoms with E-state index >= 15 is 0 Å². The summed E-state index contributed by atoms with van der Waals surface area (Å²) in [5.74, 6) is 0.667. The second-order valence-electron chi connectivity index (χ2n) is 4.78. The van der Waals surface area contributed by atoms with Gasteiger partial charge in [-0.3, -0.25) is 0 Å². The highest BCUT2D eigenvalue weighted by Crippen LogP contribution is 2.26. The molecular weight excluding hydrogens is 228 g/mol. The molecular formula is C19H30. The SMILES string of the molecule is C=C/C(=C\C=C/C)CCC(CCC)C(/C=C\C)=C/C. The van der Waals surface area contributed by atoms with Crippen LogP contribution in [0.5, 0.6) is 0 Å². The zero-order chi connectivity index (χ0) is 14.5. The summed E-state index contributed by atoms with van der Waals surface area (Å²) in [6.45, 7) is 12.4. The lowest BCUT2D eigenvalue weighted by molar-refractivity contribution is 0.519. The van der Waals surface area contributed by atoms with E-state index in [0.717, 1.165) is 6.42 Å². The van der Waals surface area contributed by atoms with Gasteiger partial charge in [-0.2, -0.15) is 0 Å². The highest BCUT2D eigenvalue weighted by molar-refractivity contribution is 5.24. The Balaban J connectivity index is 4.71. The van der Waals surface area contributed by atoms with Crippen LogP contribution in [0.3, 0.4) is 0 Å². The molecule has 0 spiro atoms. The van der Waals surface area contributed by atoms with Crippen molar-refractivity contribution in [2.75, 3.05) is 0 Å². The highest BCUT2D eigenvalue weighted by atomic mass is 14.2. The largest absolute Gasteiger partial charge is 0.0988 e. The van der Waals surface area contributed by atoms with Crippen molar-refractivity contribution < 1.29 is 0 Å². The predicted octanol–water partition coefficient (Wildman–Crippen LogP) is 6.39. The summed E-state index contributed by atoms with van der Waals surface area (Å²) < 4.78 is 0. The van der Waals surface area contributed by atoms with E-state index in [4.69, 9.17) is 0 Å². The van der Waals surface area contributed by atoms with Crippen LogP contribution in [0.25, 0.3) is 0 Å². The van der Waals surface area contributed by atoms with Crippen LogP contribution in [0.2, 0.25) is 0 Å². The zero-order valence-corrected chi connectivity index (χ0v) is 13.2. The zero-order valence-electron chi connectivity index (χ0n) is 13.2. The van der Waals surface area contributed by atoms with Crippen LogP contribution >= 0.6 is 0 Å². The van der Waals surface area contributed by atoms with Gasteiger partial charge in [0.2, 0.25) is 0 Å². The lowest BCUT2D eigenvalue weighted by Gasteiger charge is -2.18. The van der Waals surface area contributed by atoms with Gasteiger partial charge in [-0.15, -0.1) is 0 Å². The molecule has 0 bridgehead atoms. The Kier molecular flexibility index (Phi) is 11.0. The smallest absolute Gasteiger partial charge is 0.0162 e. The van der Waals surface area contributed by atoms with E-state index in [9.17, 15) is 0 Å². The first-order chi connectivity index (χ1) is 9.23. The van der Waals surface area contributed by atoms with Gasteiger partial charge in [-0.1, -0.05) is 62.5 Å². The first-order valence-electron chi connectivity index (χ1n) is 7.46. The van der Waals surface area contributed by atoms with Crippen LogP contribution in [0.15, 0.2) is 60.3 Å². The van der Waals surface area contributed by atoms with E-state index in [1.165, 1.54) is 30.4 Å². The van der Waals surface area contributed by atoms with Gasteiger partial charge in [0.1, 0.15) is 0 Å². The third kappa shape index (κ3) is 7.66. The van der Waals surface area contributed by atoms with Crippen molar-refractivity contribution in [3.05, 3.63) is 60.3 Å². The molecule has 0 aromatic rings. The standard InChI is InChI=1S/C19H30/c1-6-11-14-17(9-4)15-16-19(13-8-3)18(10-5)12-7-2/h6-7,9-12,14,19H,4,8,13,15-16H2,1-3,5H3/b11-6-,12-7-,17-14+,18-10+. The third-order valence-electron chi connectivity index (χ3n) is 3.35. The van der Waals surface area contributed by atoms with Gasteiger partial charge in [-0.05, 0) is 57.1 Å². The lowest BCUT2D eigenvalue weighted by Crippen LogP contribution is -2.03. The average Bonchev–Trinajstić information content (AvgIpc) is 2.44. The summed E-state index contributed by atoms with van der Waals surface area (Å²) >= 11 is 0. The molecule has 0 saturated heterocycles. The maximum Gasteiger partial charge on any atom is -0.0162 e. The van der Waals surface area contributed by atoms with Gasteiger partial charge in [-0.25, -0.2) is 0 Å². The summed E-state index contributed by atoms with van der Waals surface area (Å²) in [6, 6.07) is 0. The van der Waals surface area contributed by atoms with Crippen molar-refractivity contribution in [3.8, 4) is 0 Å². The Bertz CT molecular complexity index is 350. The molecule has 1 atom stereocenters. The number of rotatable bonds is 9. The van der Waals surface area contributed by atoms with E-state index in [0.29, 0.717) is 5.92 Å². The van der Waals surface area contributed by atoms with Crippen LogP contribution in [-0.2, 0) is 0 Å². The van der Waals surface area contributed by atoms with Gasteiger partial charge in [0.25, 0.3) is 0 Å². The molecule has 0 aromatic heterocycles. The molecule has 106 valence electrons. The Hall–Kier alpha value is -1.30. The maximum absolute atomic E-state index is 3.91. The second-order valence-corrected chi connectivity index (χ2v) is 4.78. The van der Waals surface area contributed by atoms with Gasteiger partial charge in [0, 0.05) is 0 Å².